The van der Waals surface area contributed by atoms with Crippen LogP contribution in [0.2, 0.25) is 0 Å². The standard InChI is InChI=1S/C16H18N2O2/c1-2-20-16(19)15-13-9-8-12(10-14(13)17-18-15)11-6-4-3-5-7-11/h3-7,12H,2,8-10H2,1H3,(H,17,18). The number of ether oxygens (including phenoxy) is 1. The molecule has 0 bridgehead atoms. The van der Waals surface area contributed by atoms with E-state index in [1.165, 1.54) is 5.56 Å². The number of hydrogen-bond donors (Lipinski definition) is 1. The molecular weight excluding hydrogens is 252 g/mol. The molecule has 0 spiro atoms. The minimum atomic E-state index is -0.317. The van der Waals surface area contributed by atoms with Gasteiger partial charge in [0, 0.05) is 11.3 Å². The minimum absolute atomic E-state index is 0.317. The van der Waals surface area contributed by atoms with Gasteiger partial charge in [0.25, 0.3) is 0 Å². The molecule has 20 heavy (non-hydrogen) atoms. The van der Waals surface area contributed by atoms with Gasteiger partial charge in [-0.05, 0) is 37.7 Å². The summed E-state index contributed by atoms with van der Waals surface area (Å²) < 4.78 is 5.04. The summed E-state index contributed by atoms with van der Waals surface area (Å²) in [6, 6.07) is 10.5. The Kier molecular flexibility index (Phi) is 3.54. The molecule has 1 atom stereocenters. The summed E-state index contributed by atoms with van der Waals surface area (Å²) in [7, 11) is 0. The van der Waals surface area contributed by atoms with E-state index in [1.807, 2.05) is 13.0 Å². The van der Waals surface area contributed by atoms with Gasteiger partial charge in [0.15, 0.2) is 5.69 Å². The fraction of sp³-hybridized carbons (Fsp3) is 0.375. The molecule has 2 aromatic rings. The quantitative estimate of drug-likeness (QED) is 0.872. The maximum absolute atomic E-state index is 11.8. The number of H-pyrrole nitrogens is 1. The maximum atomic E-state index is 11.8. The molecule has 1 aliphatic carbocycles. The second-order valence-corrected chi connectivity index (χ2v) is 5.10. The van der Waals surface area contributed by atoms with Crippen LogP contribution in [-0.2, 0) is 17.6 Å². The second kappa shape index (κ2) is 5.49. The topological polar surface area (TPSA) is 55.0 Å². The zero-order valence-electron chi connectivity index (χ0n) is 11.6. The van der Waals surface area contributed by atoms with Crippen molar-refractivity contribution in [3.8, 4) is 0 Å². The van der Waals surface area contributed by atoms with Crippen LogP contribution in [0, 0.1) is 0 Å². The predicted molar refractivity (Wildman–Crippen MR) is 75.8 cm³/mol. The van der Waals surface area contributed by atoms with Gasteiger partial charge in [0.2, 0.25) is 0 Å². The number of benzene rings is 1. The number of carbonyl (C=O) groups is 1. The van der Waals surface area contributed by atoms with Crippen LogP contribution >= 0.6 is 0 Å². The number of aromatic amines is 1. The zero-order chi connectivity index (χ0) is 13.9. The average molecular weight is 270 g/mol. The Hall–Kier alpha value is -2.10. The van der Waals surface area contributed by atoms with Crippen molar-refractivity contribution in [2.45, 2.75) is 32.1 Å². The molecule has 0 aliphatic heterocycles. The van der Waals surface area contributed by atoms with E-state index in [-0.39, 0.29) is 5.97 Å². The Morgan fingerprint density at radius 3 is 2.95 bits per heavy atom. The Bertz CT molecular complexity index is 604. The third kappa shape index (κ3) is 2.33. The van der Waals surface area contributed by atoms with Crippen LogP contribution in [0.4, 0.5) is 0 Å². The van der Waals surface area contributed by atoms with Crippen molar-refractivity contribution in [3.05, 3.63) is 52.8 Å². The monoisotopic (exact) mass is 270 g/mol. The third-order valence-corrected chi connectivity index (χ3v) is 3.89. The highest BCUT2D eigenvalue weighted by atomic mass is 16.5. The van der Waals surface area contributed by atoms with Crippen LogP contribution in [0.1, 0.15) is 46.6 Å². The molecular formula is C16H18N2O2. The summed E-state index contributed by atoms with van der Waals surface area (Å²) >= 11 is 0. The van der Waals surface area contributed by atoms with E-state index in [0.29, 0.717) is 18.2 Å². The number of hydrogen-bond acceptors (Lipinski definition) is 3. The van der Waals surface area contributed by atoms with Crippen molar-refractivity contribution in [1.29, 1.82) is 0 Å². The second-order valence-electron chi connectivity index (χ2n) is 5.10. The number of nitrogens with one attached hydrogen (secondary N) is 1. The average Bonchev–Trinajstić information content (AvgIpc) is 2.91. The van der Waals surface area contributed by atoms with Crippen molar-refractivity contribution in [1.82, 2.24) is 10.2 Å². The largest absolute Gasteiger partial charge is 0.461 e. The summed E-state index contributed by atoms with van der Waals surface area (Å²) in [5.74, 6) is 0.183. The van der Waals surface area contributed by atoms with Crippen molar-refractivity contribution >= 4 is 5.97 Å². The number of rotatable bonds is 3. The van der Waals surface area contributed by atoms with Gasteiger partial charge in [-0.15, -0.1) is 0 Å². The van der Waals surface area contributed by atoms with E-state index < -0.39 is 0 Å². The molecule has 0 saturated heterocycles. The molecule has 1 N–H and O–H groups in total. The van der Waals surface area contributed by atoms with E-state index >= 15 is 0 Å². The molecule has 0 saturated carbocycles. The van der Waals surface area contributed by atoms with E-state index in [1.54, 1.807) is 0 Å². The van der Waals surface area contributed by atoms with Gasteiger partial charge in [-0.25, -0.2) is 4.79 Å². The molecule has 0 fully saturated rings. The highest BCUT2D eigenvalue weighted by Gasteiger charge is 2.27. The number of aromatic nitrogens is 2. The Labute approximate surface area is 118 Å². The Morgan fingerprint density at radius 1 is 1.40 bits per heavy atom. The lowest BCUT2D eigenvalue weighted by Crippen LogP contribution is -2.15. The fourth-order valence-electron chi connectivity index (χ4n) is 2.88. The van der Waals surface area contributed by atoms with Crippen LogP contribution in [0.3, 0.4) is 0 Å². The lowest BCUT2D eigenvalue weighted by molar-refractivity contribution is 0.0518. The van der Waals surface area contributed by atoms with Crippen LogP contribution < -0.4 is 0 Å². The van der Waals surface area contributed by atoms with Gasteiger partial charge < -0.3 is 4.74 Å². The van der Waals surface area contributed by atoms with Crippen molar-refractivity contribution in [3.63, 3.8) is 0 Å². The predicted octanol–water partition coefficient (Wildman–Crippen LogP) is 2.86. The van der Waals surface area contributed by atoms with Crippen LogP contribution in [0.15, 0.2) is 30.3 Å². The molecule has 1 aromatic heterocycles. The smallest absolute Gasteiger partial charge is 0.359 e. The van der Waals surface area contributed by atoms with Gasteiger partial charge in [0.05, 0.1) is 6.61 Å². The molecule has 4 nitrogen and oxygen atoms in total. The number of carbonyl (C=O) groups excluding carboxylic acids is 1. The van der Waals surface area contributed by atoms with Crippen molar-refractivity contribution in [2.24, 2.45) is 0 Å². The molecule has 4 heteroatoms. The van der Waals surface area contributed by atoms with Crippen LogP contribution in [0.25, 0.3) is 0 Å². The van der Waals surface area contributed by atoms with Crippen LogP contribution in [0.5, 0.6) is 0 Å². The van der Waals surface area contributed by atoms with Crippen molar-refractivity contribution in [2.75, 3.05) is 6.61 Å². The summed E-state index contributed by atoms with van der Waals surface area (Å²) in [6.45, 7) is 2.19. The lowest BCUT2D eigenvalue weighted by atomic mass is 9.82. The van der Waals surface area contributed by atoms with Gasteiger partial charge in [0.1, 0.15) is 0 Å². The Morgan fingerprint density at radius 2 is 2.20 bits per heavy atom. The third-order valence-electron chi connectivity index (χ3n) is 3.89. The van der Waals surface area contributed by atoms with Crippen LogP contribution in [-0.4, -0.2) is 22.8 Å². The van der Waals surface area contributed by atoms with E-state index in [0.717, 1.165) is 30.5 Å². The first-order valence-corrected chi connectivity index (χ1v) is 7.07. The number of nitrogens with zero attached hydrogens (tertiary/aromatic N) is 1. The Balaban J connectivity index is 1.82. The first-order chi connectivity index (χ1) is 9.79. The van der Waals surface area contributed by atoms with E-state index in [2.05, 4.69) is 34.5 Å². The van der Waals surface area contributed by atoms with Gasteiger partial charge >= 0.3 is 5.97 Å². The SMILES string of the molecule is CCOC(=O)c1n[nH]c2c1CCC(c1ccccc1)C2. The summed E-state index contributed by atoms with van der Waals surface area (Å²) in [5, 5.41) is 7.16. The van der Waals surface area contributed by atoms with Gasteiger partial charge in [-0.2, -0.15) is 5.10 Å². The summed E-state index contributed by atoms with van der Waals surface area (Å²) in [6.07, 6.45) is 2.83. The van der Waals surface area contributed by atoms with E-state index in [9.17, 15) is 4.79 Å². The molecule has 1 aliphatic rings. The van der Waals surface area contributed by atoms with E-state index in [4.69, 9.17) is 4.74 Å². The first kappa shape index (κ1) is 12.9. The molecule has 0 amide bonds. The zero-order valence-corrected chi connectivity index (χ0v) is 11.6. The lowest BCUT2D eigenvalue weighted by Gasteiger charge is -2.22. The highest BCUT2D eigenvalue weighted by Crippen LogP contribution is 2.33. The molecule has 104 valence electrons. The number of esters is 1. The van der Waals surface area contributed by atoms with Gasteiger partial charge in [-0.3, -0.25) is 5.10 Å². The maximum Gasteiger partial charge on any atom is 0.359 e. The molecule has 1 heterocycles. The molecule has 1 unspecified atom stereocenters. The fourth-order valence-corrected chi connectivity index (χ4v) is 2.88. The first-order valence-electron chi connectivity index (χ1n) is 7.07. The summed E-state index contributed by atoms with van der Waals surface area (Å²) in [4.78, 5) is 11.8. The molecule has 0 radical (unpaired) electrons. The minimum Gasteiger partial charge on any atom is -0.461 e. The van der Waals surface area contributed by atoms with Gasteiger partial charge in [-0.1, -0.05) is 30.3 Å². The normalized spacial score (nSPS) is 17.6. The molecule has 1 aromatic carbocycles. The van der Waals surface area contributed by atoms with Crippen molar-refractivity contribution < 1.29 is 9.53 Å². The highest BCUT2D eigenvalue weighted by molar-refractivity contribution is 5.89. The number of fused-ring (bicyclic) bond motifs is 1. The molecule has 3 rings (SSSR count). The summed E-state index contributed by atoms with van der Waals surface area (Å²) in [5.41, 5.74) is 3.93.